The first kappa shape index (κ1) is 13.1. The zero-order valence-electron chi connectivity index (χ0n) is 10.3. The van der Waals surface area contributed by atoms with Crippen LogP contribution in [-0.2, 0) is 6.42 Å². The molecular formula is C15H14FNO2. The number of amides is 1. The van der Waals surface area contributed by atoms with Crippen LogP contribution >= 0.6 is 0 Å². The molecule has 0 fully saturated rings. The number of benzene rings is 2. The number of halogens is 1. The smallest absolute Gasteiger partial charge is 0.251 e. The number of aromatic hydroxyl groups is 1. The third-order valence-electron chi connectivity index (χ3n) is 2.75. The largest absolute Gasteiger partial charge is 0.508 e. The van der Waals surface area contributed by atoms with Crippen LogP contribution in [-0.4, -0.2) is 17.6 Å². The number of rotatable bonds is 4. The maximum absolute atomic E-state index is 13.3. The summed E-state index contributed by atoms with van der Waals surface area (Å²) in [4.78, 5) is 11.8. The normalized spacial score (nSPS) is 10.2. The Morgan fingerprint density at radius 2 is 1.95 bits per heavy atom. The molecule has 2 aromatic rings. The number of nitrogens with one attached hydrogen (secondary N) is 1. The topological polar surface area (TPSA) is 49.3 Å². The quantitative estimate of drug-likeness (QED) is 0.886. The van der Waals surface area contributed by atoms with E-state index in [1.165, 1.54) is 18.2 Å². The van der Waals surface area contributed by atoms with Crippen molar-refractivity contribution in [3.05, 3.63) is 65.5 Å². The van der Waals surface area contributed by atoms with E-state index in [9.17, 15) is 14.3 Å². The predicted octanol–water partition coefficient (Wildman–Crippen LogP) is 2.50. The SMILES string of the molecule is O=C(NCCc1ccccc1F)c1cccc(O)c1. The number of carbonyl (C=O) groups excluding carboxylic acids is 1. The lowest BCUT2D eigenvalue weighted by molar-refractivity contribution is 0.0953. The van der Waals surface area contributed by atoms with E-state index >= 15 is 0 Å². The second kappa shape index (κ2) is 6.00. The monoisotopic (exact) mass is 259 g/mol. The molecule has 0 atom stereocenters. The van der Waals surface area contributed by atoms with Gasteiger partial charge in [0.05, 0.1) is 0 Å². The fraction of sp³-hybridized carbons (Fsp3) is 0.133. The van der Waals surface area contributed by atoms with Crippen molar-refractivity contribution < 1.29 is 14.3 Å². The van der Waals surface area contributed by atoms with E-state index in [2.05, 4.69) is 5.32 Å². The maximum atomic E-state index is 13.3. The molecule has 2 rings (SSSR count). The third kappa shape index (κ3) is 3.55. The van der Waals surface area contributed by atoms with Crippen molar-refractivity contribution in [3.63, 3.8) is 0 Å². The van der Waals surface area contributed by atoms with E-state index in [4.69, 9.17) is 0 Å². The summed E-state index contributed by atoms with van der Waals surface area (Å²) in [7, 11) is 0. The minimum atomic E-state index is -0.285. The molecule has 0 radical (unpaired) electrons. The maximum Gasteiger partial charge on any atom is 0.251 e. The fourth-order valence-corrected chi connectivity index (χ4v) is 1.76. The molecule has 0 aliphatic rings. The van der Waals surface area contributed by atoms with E-state index < -0.39 is 0 Å². The Bertz CT molecular complexity index is 584. The molecule has 19 heavy (non-hydrogen) atoms. The van der Waals surface area contributed by atoms with Crippen LogP contribution in [0.2, 0.25) is 0 Å². The summed E-state index contributed by atoms with van der Waals surface area (Å²) < 4.78 is 13.3. The van der Waals surface area contributed by atoms with Crippen LogP contribution in [0.5, 0.6) is 5.75 Å². The van der Waals surface area contributed by atoms with Crippen LogP contribution in [0.25, 0.3) is 0 Å². The van der Waals surface area contributed by atoms with Gasteiger partial charge >= 0.3 is 0 Å². The van der Waals surface area contributed by atoms with Gasteiger partial charge in [0.15, 0.2) is 0 Å². The summed E-state index contributed by atoms with van der Waals surface area (Å²) in [6, 6.07) is 12.6. The molecule has 0 bridgehead atoms. The van der Waals surface area contributed by atoms with Gasteiger partial charge in [0, 0.05) is 12.1 Å². The Morgan fingerprint density at radius 3 is 2.68 bits per heavy atom. The van der Waals surface area contributed by atoms with Crippen LogP contribution < -0.4 is 5.32 Å². The van der Waals surface area contributed by atoms with Crippen molar-refractivity contribution in [2.45, 2.75) is 6.42 Å². The number of phenolic OH excluding ortho intramolecular Hbond substituents is 1. The number of phenols is 1. The molecule has 0 saturated heterocycles. The van der Waals surface area contributed by atoms with Crippen molar-refractivity contribution in [1.29, 1.82) is 0 Å². The first-order valence-corrected chi connectivity index (χ1v) is 5.97. The van der Waals surface area contributed by atoms with Gasteiger partial charge in [0.25, 0.3) is 5.91 Å². The fourth-order valence-electron chi connectivity index (χ4n) is 1.76. The molecule has 2 aromatic carbocycles. The Balaban J connectivity index is 1.90. The number of carbonyl (C=O) groups is 1. The Kier molecular flexibility index (Phi) is 4.13. The second-order valence-electron chi connectivity index (χ2n) is 4.15. The van der Waals surface area contributed by atoms with Crippen molar-refractivity contribution in [2.75, 3.05) is 6.54 Å². The second-order valence-corrected chi connectivity index (χ2v) is 4.15. The van der Waals surface area contributed by atoms with Gasteiger partial charge in [-0.1, -0.05) is 24.3 Å². The van der Waals surface area contributed by atoms with Gasteiger partial charge < -0.3 is 10.4 Å². The van der Waals surface area contributed by atoms with Gasteiger partial charge in [-0.25, -0.2) is 4.39 Å². The lowest BCUT2D eigenvalue weighted by Crippen LogP contribution is -2.25. The van der Waals surface area contributed by atoms with Gasteiger partial charge in [-0.15, -0.1) is 0 Å². The molecule has 0 unspecified atom stereocenters. The summed E-state index contributed by atoms with van der Waals surface area (Å²) in [5.74, 6) is -0.511. The molecule has 0 aliphatic carbocycles. The lowest BCUT2D eigenvalue weighted by Gasteiger charge is -2.06. The zero-order valence-corrected chi connectivity index (χ0v) is 10.3. The molecule has 2 N–H and O–H groups in total. The summed E-state index contributed by atoms with van der Waals surface area (Å²) in [6.07, 6.45) is 0.428. The molecule has 98 valence electrons. The van der Waals surface area contributed by atoms with E-state index in [0.29, 0.717) is 24.1 Å². The average molecular weight is 259 g/mol. The Labute approximate surface area is 110 Å². The van der Waals surface area contributed by atoms with Crippen molar-refractivity contribution in [3.8, 4) is 5.75 Å². The van der Waals surface area contributed by atoms with Crippen LogP contribution in [0.4, 0.5) is 4.39 Å². The first-order valence-electron chi connectivity index (χ1n) is 5.97. The minimum Gasteiger partial charge on any atom is -0.508 e. The van der Waals surface area contributed by atoms with Gasteiger partial charge in [0.1, 0.15) is 11.6 Å². The van der Waals surface area contributed by atoms with E-state index in [0.717, 1.165) is 0 Å². The molecule has 0 heterocycles. The Morgan fingerprint density at radius 1 is 1.16 bits per heavy atom. The standard InChI is InChI=1S/C15H14FNO2/c16-14-7-2-1-4-11(14)8-9-17-15(19)12-5-3-6-13(18)10-12/h1-7,10,18H,8-9H2,(H,17,19). The highest BCUT2D eigenvalue weighted by Crippen LogP contribution is 2.11. The third-order valence-corrected chi connectivity index (χ3v) is 2.75. The van der Waals surface area contributed by atoms with Gasteiger partial charge in [-0.2, -0.15) is 0 Å². The van der Waals surface area contributed by atoms with Gasteiger partial charge in [0.2, 0.25) is 0 Å². The summed E-state index contributed by atoms with van der Waals surface area (Å²) in [5.41, 5.74) is 0.951. The molecule has 0 saturated carbocycles. The highest BCUT2D eigenvalue weighted by molar-refractivity contribution is 5.94. The minimum absolute atomic E-state index is 0.0433. The van der Waals surface area contributed by atoms with Crippen LogP contribution in [0.15, 0.2) is 48.5 Å². The lowest BCUT2D eigenvalue weighted by atomic mass is 10.1. The van der Waals surface area contributed by atoms with Crippen molar-refractivity contribution in [1.82, 2.24) is 5.32 Å². The highest BCUT2D eigenvalue weighted by atomic mass is 19.1. The highest BCUT2D eigenvalue weighted by Gasteiger charge is 2.06. The van der Waals surface area contributed by atoms with Crippen LogP contribution in [0, 0.1) is 5.82 Å². The molecule has 0 aromatic heterocycles. The molecule has 0 spiro atoms. The van der Waals surface area contributed by atoms with E-state index in [1.807, 2.05) is 0 Å². The van der Waals surface area contributed by atoms with Crippen LogP contribution in [0.3, 0.4) is 0 Å². The molecule has 0 aliphatic heterocycles. The number of hydrogen-bond acceptors (Lipinski definition) is 2. The Hall–Kier alpha value is -2.36. The van der Waals surface area contributed by atoms with Crippen molar-refractivity contribution in [2.24, 2.45) is 0 Å². The molecule has 4 heteroatoms. The van der Waals surface area contributed by atoms with E-state index in [-0.39, 0.29) is 17.5 Å². The first-order chi connectivity index (χ1) is 9.16. The molecule has 3 nitrogen and oxygen atoms in total. The molecule has 1 amide bonds. The summed E-state index contributed by atoms with van der Waals surface area (Å²) in [6.45, 7) is 0.343. The van der Waals surface area contributed by atoms with Crippen molar-refractivity contribution >= 4 is 5.91 Å². The average Bonchev–Trinajstić information content (AvgIpc) is 2.41. The van der Waals surface area contributed by atoms with Gasteiger partial charge in [-0.05, 0) is 36.2 Å². The summed E-state index contributed by atoms with van der Waals surface area (Å²) in [5, 5.41) is 12.0. The number of hydrogen-bond donors (Lipinski definition) is 2. The predicted molar refractivity (Wildman–Crippen MR) is 70.5 cm³/mol. The zero-order chi connectivity index (χ0) is 13.7. The summed E-state index contributed by atoms with van der Waals surface area (Å²) >= 11 is 0. The van der Waals surface area contributed by atoms with Crippen LogP contribution in [0.1, 0.15) is 15.9 Å². The van der Waals surface area contributed by atoms with Gasteiger partial charge in [-0.3, -0.25) is 4.79 Å². The van der Waals surface area contributed by atoms with E-state index in [1.54, 1.807) is 30.3 Å². The molecular weight excluding hydrogens is 245 g/mol.